The fourth-order valence-corrected chi connectivity index (χ4v) is 2.21. The number of anilines is 1. The second-order valence-corrected chi connectivity index (χ2v) is 4.97. The van der Waals surface area contributed by atoms with E-state index in [1.54, 1.807) is 31.2 Å². The number of nitrogens with two attached hydrogens (primary N) is 1. The molecule has 1 aromatic carbocycles. The maximum absolute atomic E-state index is 11.9. The van der Waals surface area contributed by atoms with Gasteiger partial charge < -0.3 is 20.7 Å². The Kier molecular flexibility index (Phi) is 5.48. The van der Waals surface area contributed by atoms with Crippen LogP contribution in [0.25, 0.3) is 0 Å². The molecule has 0 spiro atoms. The zero-order valence-corrected chi connectivity index (χ0v) is 12.4. The quantitative estimate of drug-likeness (QED) is 0.623. The first-order chi connectivity index (χ1) is 10.6. The summed E-state index contributed by atoms with van der Waals surface area (Å²) in [7, 11) is 0. The van der Waals surface area contributed by atoms with Gasteiger partial charge in [-0.2, -0.15) is 0 Å². The van der Waals surface area contributed by atoms with Gasteiger partial charge in [0.1, 0.15) is 0 Å². The lowest BCUT2D eigenvalue weighted by Crippen LogP contribution is -2.96. The standard InChI is InChI=1S/C15H19N3O4/c1-2-22-15(21)10-3-5-11(6-4-10)18-13(19)9-12-14(20)17-8-7-16-12/h3-6,12,16H,2,7-9H2,1H3,(H,17,20)(H,18,19)/p+1/t12-/m1/s1. The van der Waals surface area contributed by atoms with Crippen LogP contribution in [0.5, 0.6) is 0 Å². The maximum atomic E-state index is 11.9. The highest BCUT2D eigenvalue weighted by Crippen LogP contribution is 2.11. The minimum atomic E-state index is -0.395. The molecule has 1 aromatic rings. The van der Waals surface area contributed by atoms with Gasteiger partial charge >= 0.3 is 5.97 Å². The maximum Gasteiger partial charge on any atom is 0.338 e. The van der Waals surface area contributed by atoms with E-state index in [9.17, 15) is 14.4 Å². The fraction of sp³-hybridized carbons (Fsp3) is 0.400. The van der Waals surface area contributed by atoms with Gasteiger partial charge in [0.2, 0.25) is 5.91 Å². The second-order valence-electron chi connectivity index (χ2n) is 4.97. The Balaban J connectivity index is 1.88. The van der Waals surface area contributed by atoms with Crippen molar-refractivity contribution in [2.75, 3.05) is 25.0 Å². The van der Waals surface area contributed by atoms with Gasteiger partial charge in [0, 0.05) is 5.69 Å². The molecule has 7 nitrogen and oxygen atoms in total. The fourth-order valence-electron chi connectivity index (χ4n) is 2.21. The molecule has 1 saturated heterocycles. The van der Waals surface area contributed by atoms with Crippen LogP contribution in [0, 0.1) is 0 Å². The summed E-state index contributed by atoms with van der Waals surface area (Å²) in [5.74, 6) is -0.741. The number of benzene rings is 1. The first-order valence-electron chi connectivity index (χ1n) is 7.28. The molecule has 2 rings (SSSR count). The predicted molar refractivity (Wildman–Crippen MR) is 79.2 cm³/mol. The molecule has 7 heteroatoms. The Morgan fingerprint density at radius 3 is 2.73 bits per heavy atom. The highest BCUT2D eigenvalue weighted by atomic mass is 16.5. The minimum Gasteiger partial charge on any atom is -0.462 e. The number of nitrogens with one attached hydrogen (secondary N) is 2. The van der Waals surface area contributed by atoms with Crippen LogP contribution >= 0.6 is 0 Å². The molecule has 1 heterocycles. The van der Waals surface area contributed by atoms with Crippen LogP contribution in [0.15, 0.2) is 24.3 Å². The summed E-state index contributed by atoms with van der Waals surface area (Å²) in [4.78, 5) is 35.1. The number of carbonyl (C=O) groups excluding carboxylic acids is 3. The molecule has 0 bridgehead atoms. The molecular formula is C15H20N3O4+. The van der Waals surface area contributed by atoms with E-state index in [1.165, 1.54) is 0 Å². The third-order valence-corrected chi connectivity index (χ3v) is 3.32. The van der Waals surface area contributed by atoms with Gasteiger partial charge in [-0.25, -0.2) is 4.79 Å². The number of amides is 2. The first-order valence-corrected chi connectivity index (χ1v) is 7.28. The molecule has 1 atom stereocenters. The molecule has 1 fully saturated rings. The van der Waals surface area contributed by atoms with Crippen molar-refractivity contribution in [3.63, 3.8) is 0 Å². The molecule has 0 aliphatic carbocycles. The van der Waals surface area contributed by atoms with Crippen molar-refractivity contribution < 1.29 is 24.4 Å². The number of hydrogen-bond acceptors (Lipinski definition) is 4. The molecule has 0 unspecified atom stereocenters. The van der Waals surface area contributed by atoms with Gasteiger partial charge in [-0.05, 0) is 31.2 Å². The van der Waals surface area contributed by atoms with Crippen molar-refractivity contribution in [3.8, 4) is 0 Å². The number of carbonyl (C=O) groups is 3. The van der Waals surface area contributed by atoms with E-state index < -0.39 is 5.97 Å². The molecule has 2 amide bonds. The van der Waals surface area contributed by atoms with Crippen LogP contribution in [0.3, 0.4) is 0 Å². The molecule has 22 heavy (non-hydrogen) atoms. The molecule has 1 aliphatic heterocycles. The van der Waals surface area contributed by atoms with Crippen LogP contribution in [0.2, 0.25) is 0 Å². The lowest BCUT2D eigenvalue weighted by Gasteiger charge is -2.19. The lowest BCUT2D eigenvalue weighted by atomic mass is 10.1. The van der Waals surface area contributed by atoms with Crippen LogP contribution < -0.4 is 16.0 Å². The van der Waals surface area contributed by atoms with Crippen molar-refractivity contribution in [3.05, 3.63) is 29.8 Å². The molecular weight excluding hydrogens is 286 g/mol. The molecule has 1 aliphatic rings. The molecule has 0 saturated carbocycles. The smallest absolute Gasteiger partial charge is 0.338 e. The zero-order chi connectivity index (χ0) is 15.9. The summed E-state index contributed by atoms with van der Waals surface area (Å²) in [6.45, 7) is 3.46. The summed E-state index contributed by atoms with van der Waals surface area (Å²) in [5, 5.41) is 7.31. The van der Waals surface area contributed by atoms with Gasteiger partial charge in [-0.1, -0.05) is 0 Å². The van der Waals surface area contributed by atoms with Gasteiger partial charge in [0.15, 0.2) is 6.04 Å². The number of piperazine rings is 1. The Bertz CT molecular complexity index is 556. The second kappa shape index (κ2) is 7.56. The van der Waals surface area contributed by atoms with E-state index in [-0.39, 0.29) is 24.3 Å². The summed E-state index contributed by atoms with van der Waals surface area (Å²) < 4.78 is 4.89. The molecule has 118 valence electrons. The topological polar surface area (TPSA) is 101 Å². The monoisotopic (exact) mass is 306 g/mol. The van der Waals surface area contributed by atoms with E-state index in [4.69, 9.17) is 4.74 Å². The first kappa shape index (κ1) is 16.0. The Morgan fingerprint density at radius 1 is 1.36 bits per heavy atom. The Hall–Kier alpha value is -2.41. The summed E-state index contributed by atoms with van der Waals surface area (Å²) in [6, 6.07) is 6.07. The molecule has 4 N–H and O–H groups in total. The SMILES string of the molecule is CCOC(=O)c1ccc(NC(=O)C[C@H]2[NH2+]CCNC2=O)cc1. The van der Waals surface area contributed by atoms with Crippen LogP contribution in [0.1, 0.15) is 23.7 Å². The third-order valence-electron chi connectivity index (χ3n) is 3.32. The minimum absolute atomic E-state index is 0.112. The average Bonchev–Trinajstić information content (AvgIpc) is 2.50. The number of quaternary nitrogens is 1. The number of esters is 1. The van der Waals surface area contributed by atoms with Gasteiger partial charge in [0.25, 0.3) is 5.91 Å². The van der Waals surface area contributed by atoms with E-state index in [2.05, 4.69) is 10.6 Å². The van der Waals surface area contributed by atoms with E-state index >= 15 is 0 Å². The van der Waals surface area contributed by atoms with Crippen molar-refractivity contribution in [2.45, 2.75) is 19.4 Å². The van der Waals surface area contributed by atoms with Gasteiger partial charge in [0.05, 0.1) is 31.7 Å². The summed E-state index contributed by atoms with van der Waals surface area (Å²) in [5.41, 5.74) is 1.01. The van der Waals surface area contributed by atoms with Crippen molar-refractivity contribution in [1.82, 2.24) is 5.32 Å². The van der Waals surface area contributed by atoms with Crippen LogP contribution in [0.4, 0.5) is 5.69 Å². The highest BCUT2D eigenvalue weighted by molar-refractivity contribution is 5.95. The number of rotatable bonds is 5. The largest absolute Gasteiger partial charge is 0.462 e. The summed E-state index contributed by atoms with van der Waals surface area (Å²) >= 11 is 0. The average molecular weight is 306 g/mol. The molecule has 0 aromatic heterocycles. The number of hydrogen-bond donors (Lipinski definition) is 3. The van der Waals surface area contributed by atoms with Crippen molar-refractivity contribution in [2.24, 2.45) is 0 Å². The van der Waals surface area contributed by atoms with Crippen molar-refractivity contribution >= 4 is 23.5 Å². The highest BCUT2D eigenvalue weighted by Gasteiger charge is 2.27. The number of ether oxygens (including phenoxy) is 1. The van der Waals surface area contributed by atoms with E-state index in [0.717, 1.165) is 6.54 Å². The van der Waals surface area contributed by atoms with Crippen LogP contribution in [-0.2, 0) is 14.3 Å². The summed E-state index contributed by atoms with van der Waals surface area (Å²) in [6.07, 6.45) is 0.117. The van der Waals surface area contributed by atoms with Gasteiger partial charge in [-0.3, -0.25) is 9.59 Å². The Labute approximate surface area is 128 Å². The normalized spacial score (nSPS) is 17.5. The van der Waals surface area contributed by atoms with Crippen molar-refractivity contribution in [1.29, 1.82) is 0 Å². The molecule has 0 radical (unpaired) electrons. The lowest BCUT2D eigenvalue weighted by molar-refractivity contribution is -0.678. The zero-order valence-electron chi connectivity index (χ0n) is 12.4. The van der Waals surface area contributed by atoms with E-state index in [1.807, 2.05) is 5.32 Å². The third kappa shape index (κ3) is 4.29. The Morgan fingerprint density at radius 2 is 2.09 bits per heavy atom. The van der Waals surface area contributed by atoms with Crippen LogP contribution in [-0.4, -0.2) is 43.5 Å². The predicted octanol–water partition coefficient (Wildman–Crippen LogP) is -0.746. The van der Waals surface area contributed by atoms with Gasteiger partial charge in [-0.15, -0.1) is 0 Å². The van der Waals surface area contributed by atoms with E-state index in [0.29, 0.717) is 24.4 Å².